The van der Waals surface area contributed by atoms with Crippen molar-refractivity contribution in [1.82, 2.24) is 10.3 Å². The van der Waals surface area contributed by atoms with Gasteiger partial charge in [0.15, 0.2) is 0 Å². The number of unbranched alkanes of at least 4 members (excludes halogenated alkanes) is 11. The van der Waals surface area contributed by atoms with E-state index >= 15 is 0 Å². The SMILES string of the molecule is CCCCCCCCCCCCC/C=C/[C@@H](O)[C@H](COCc1ccncc1)NC(=O)C(C)C. The second-order valence-corrected chi connectivity index (χ2v) is 9.38. The summed E-state index contributed by atoms with van der Waals surface area (Å²) in [6.07, 6.45) is 22.1. The lowest BCUT2D eigenvalue weighted by Gasteiger charge is -2.23. The summed E-state index contributed by atoms with van der Waals surface area (Å²) in [4.78, 5) is 16.2. The Morgan fingerprint density at radius 2 is 1.58 bits per heavy atom. The van der Waals surface area contributed by atoms with E-state index in [2.05, 4.69) is 17.2 Å². The number of allylic oxidation sites excluding steroid dienone is 1. The maximum Gasteiger partial charge on any atom is 0.222 e. The first kappa shape index (κ1) is 29.3. The monoisotopic (exact) mass is 460 g/mol. The maximum atomic E-state index is 12.2. The summed E-state index contributed by atoms with van der Waals surface area (Å²) in [6.45, 7) is 6.63. The number of pyridine rings is 1. The largest absolute Gasteiger partial charge is 0.387 e. The number of aromatic nitrogens is 1. The summed E-state index contributed by atoms with van der Waals surface area (Å²) >= 11 is 0. The second-order valence-electron chi connectivity index (χ2n) is 9.38. The van der Waals surface area contributed by atoms with Crippen LogP contribution in [0.5, 0.6) is 0 Å². The van der Waals surface area contributed by atoms with Gasteiger partial charge in [-0.1, -0.05) is 97.1 Å². The van der Waals surface area contributed by atoms with Gasteiger partial charge in [0, 0.05) is 18.3 Å². The molecule has 0 saturated carbocycles. The third-order valence-corrected chi connectivity index (χ3v) is 5.89. The van der Waals surface area contributed by atoms with E-state index in [9.17, 15) is 9.90 Å². The van der Waals surface area contributed by atoms with Crippen molar-refractivity contribution in [1.29, 1.82) is 0 Å². The molecule has 0 saturated heterocycles. The zero-order chi connectivity index (χ0) is 24.2. The van der Waals surface area contributed by atoms with Crippen molar-refractivity contribution in [2.45, 2.75) is 117 Å². The van der Waals surface area contributed by atoms with Gasteiger partial charge in [0.2, 0.25) is 5.91 Å². The van der Waals surface area contributed by atoms with Gasteiger partial charge in [0.05, 0.1) is 25.4 Å². The number of aliphatic hydroxyl groups excluding tert-OH is 1. The first-order valence-electron chi connectivity index (χ1n) is 13.2. The van der Waals surface area contributed by atoms with Gasteiger partial charge >= 0.3 is 0 Å². The smallest absolute Gasteiger partial charge is 0.222 e. The molecule has 2 atom stereocenters. The van der Waals surface area contributed by atoms with Gasteiger partial charge in [0.1, 0.15) is 0 Å². The van der Waals surface area contributed by atoms with Crippen LogP contribution in [0.3, 0.4) is 0 Å². The zero-order valence-electron chi connectivity index (χ0n) is 21.3. The van der Waals surface area contributed by atoms with Crippen LogP contribution in [0.15, 0.2) is 36.7 Å². The molecule has 5 nitrogen and oxygen atoms in total. The minimum absolute atomic E-state index is 0.0784. The van der Waals surface area contributed by atoms with Gasteiger partial charge < -0.3 is 15.2 Å². The van der Waals surface area contributed by atoms with Crippen molar-refractivity contribution in [3.63, 3.8) is 0 Å². The van der Waals surface area contributed by atoms with Crippen LogP contribution >= 0.6 is 0 Å². The summed E-state index contributed by atoms with van der Waals surface area (Å²) in [5.41, 5.74) is 1.01. The fourth-order valence-electron chi connectivity index (χ4n) is 3.65. The van der Waals surface area contributed by atoms with Crippen molar-refractivity contribution in [2.24, 2.45) is 5.92 Å². The Morgan fingerprint density at radius 3 is 2.15 bits per heavy atom. The molecule has 2 N–H and O–H groups in total. The highest BCUT2D eigenvalue weighted by Gasteiger charge is 2.21. The van der Waals surface area contributed by atoms with E-state index < -0.39 is 12.1 Å². The maximum absolute atomic E-state index is 12.2. The number of nitrogens with one attached hydrogen (secondary N) is 1. The zero-order valence-corrected chi connectivity index (χ0v) is 21.3. The molecular formula is C28H48N2O3. The van der Waals surface area contributed by atoms with E-state index in [1.54, 1.807) is 18.5 Å². The molecule has 1 heterocycles. The molecule has 0 radical (unpaired) electrons. The van der Waals surface area contributed by atoms with Crippen LogP contribution in [0, 0.1) is 5.92 Å². The molecule has 5 heteroatoms. The summed E-state index contributed by atoms with van der Waals surface area (Å²) in [5, 5.41) is 13.5. The molecule has 33 heavy (non-hydrogen) atoms. The molecule has 0 aliphatic rings. The average molecular weight is 461 g/mol. The van der Waals surface area contributed by atoms with Gasteiger partial charge in [-0.25, -0.2) is 0 Å². The Morgan fingerprint density at radius 1 is 1.00 bits per heavy atom. The number of amides is 1. The number of hydrogen-bond acceptors (Lipinski definition) is 4. The van der Waals surface area contributed by atoms with Crippen LogP contribution < -0.4 is 5.32 Å². The fraction of sp³-hybridized carbons (Fsp3) is 0.714. The van der Waals surface area contributed by atoms with Crippen LogP contribution in [0.4, 0.5) is 0 Å². The fourth-order valence-corrected chi connectivity index (χ4v) is 3.65. The number of carbonyl (C=O) groups is 1. The molecule has 0 aliphatic carbocycles. The summed E-state index contributed by atoms with van der Waals surface area (Å²) in [6, 6.07) is 3.33. The van der Waals surface area contributed by atoms with Crippen molar-refractivity contribution in [3.8, 4) is 0 Å². The van der Waals surface area contributed by atoms with Crippen LogP contribution in [0.2, 0.25) is 0 Å². The van der Waals surface area contributed by atoms with Crippen LogP contribution in [0.1, 0.15) is 103 Å². The predicted octanol–water partition coefficient (Wildman–Crippen LogP) is 6.36. The van der Waals surface area contributed by atoms with Crippen molar-refractivity contribution in [2.75, 3.05) is 6.61 Å². The highest BCUT2D eigenvalue weighted by molar-refractivity contribution is 5.78. The van der Waals surface area contributed by atoms with E-state index in [0.717, 1.165) is 18.4 Å². The summed E-state index contributed by atoms with van der Waals surface area (Å²) < 4.78 is 5.77. The molecule has 0 bridgehead atoms. The third-order valence-electron chi connectivity index (χ3n) is 5.89. The number of hydrogen-bond donors (Lipinski definition) is 2. The topological polar surface area (TPSA) is 71.5 Å². The van der Waals surface area contributed by atoms with Gasteiger partial charge in [-0.2, -0.15) is 0 Å². The van der Waals surface area contributed by atoms with Crippen molar-refractivity contribution >= 4 is 5.91 Å². The lowest BCUT2D eigenvalue weighted by molar-refractivity contribution is -0.126. The quantitative estimate of drug-likeness (QED) is 0.175. The molecule has 0 fully saturated rings. The lowest BCUT2D eigenvalue weighted by Crippen LogP contribution is -2.47. The molecule has 1 aromatic heterocycles. The highest BCUT2D eigenvalue weighted by atomic mass is 16.5. The number of ether oxygens (including phenoxy) is 1. The normalized spacial score (nSPS) is 13.5. The molecule has 1 aromatic rings. The first-order chi connectivity index (χ1) is 16.0. The Hall–Kier alpha value is -1.72. The minimum atomic E-state index is -0.766. The molecule has 1 amide bonds. The lowest BCUT2D eigenvalue weighted by atomic mass is 10.0. The number of rotatable bonds is 20. The molecule has 0 unspecified atom stereocenters. The standard InChI is InChI=1S/C28H48N2O3/c1-4-5-6-7-8-9-10-11-12-13-14-15-16-17-27(31)26(30-28(32)24(2)3)23-33-22-25-18-20-29-21-19-25/h16-21,24,26-27,31H,4-15,22-23H2,1-3H3,(H,30,32)/b17-16+/t26-,27+/m0/s1. The van der Waals surface area contributed by atoms with Gasteiger partial charge in [-0.3, -0.25) is 9.78 Å². The second kappa shape index (κ2) is 19.7. The molecule has 0 aliphatic heterocycles. The Kier molecular flexibility index (Phi) is 17.5. The number of carbonyl (C=O) groups excluding carboxylic acids is 1. The third kappa shape index (κ3) is 15.7. The van der Waals surface area contributed by atoms with Crippen LogP contribution in [-0.4, -0.2) is 34.8 Å². The van der Waals surface area contributed by atoms with E-state index in [-0.39, 0.29) is 18.4 Å². The van der Waals surface area contributed by atoms with Crippen molar-refractivity contribution in [3.05, 3.63) is 42.2 Å². The molecule has 188 valence electrons. The van der Waals surface area contributed by atoms with E-state index in [1.165, 1.54) is 64.2 Å². The van der Waals surface area contributed by atoms with Gasteiger partial charge in [-0.05, 0) is 30.5 Å². The van der Waals surface area contributed by atoms with E-state index in [1.807, 2.05) is 32.1 Å². The van der Waals surface area contributed by atoms with Crippen LogP contribution in [0.25, 0.3) is 0 Å². The molecule has 1 rings (SSSR count). The molecule has 0 aromatic carbocycles. The summed E-state index contributed by atoms with van der Waals surface area (Å²) in [5.74, 6) is -0.217. The minimum Gasteiger partial charge on any atom is -0.387 e. The number of nitrogens with zero attached hydrogens (tertiary/aromatic N) is 1. The molecular weight excluding hydrogens is 412 g/mol. The number of aliphatic hydroxyl groups is 1. The Balaban J connectivity index is 2.24. The molecule has 0 spiro atoms. The average Bonchev–Trinajstić information content (AvgIpc) is 2.81. The Labute approximate surface area is 202 Å². The van der Waals surface area contributed by atoms with Crippen LogP contribution in [-0.2, 0) is 16.1 Å². The van der Waals surface area contributed by atoms with E-state index in [0.29, 0.717) is 6.61 Å². The first-order valence-corrected chi connectivity index (χ1v) is 13.2. The van der Waals surface area contributed by atoms with Gasteiger partial charge in [-0.15, -0.1) is 0 Å². The Bertz CT molecular complexity index is 619. The highest BCUT2D eigenvalue weighted by Crippen LogP contribution is 2.12. The predicted molar refractivity (Wildman–Crippen MR) is 137 cm³/mol. The summed E-state index contributed by atoms with van der Waals surface area (Å²) in [7, 11) is 0. The van der Waals surface area contributed by atoms with E-state index in [4.69, 9.17) is 4.74 Å². The van der Waals surface area contributed by atoms with Crippen molar-refractivity contribution < 1.29 is 14.6 Å². The van der Waals surface area contributed by atoms with Gasteiger partial charge in [0.25, 0.3) is 0 Å².